The first-order valence-corrected chi connectivity index (χ1v) is 18.3. The molecule has 0 radical (unpaired) electrons. The Kier molecular flexibility index (Phi) is 11.5. The maximum absolute atomic E-state index is 9.75. The molecule has 0 aromatic carbocycles. The van der Waals surface area contributed by atoms with E-state index in [1.54, 1.807) is 0 Å². The lowest BCUT2D eigenvalue weighted by Gasteiger charge is -2.29. The summed E-state index contributed by atoms with van der Waals surface area (Å²) in [4.78, 5) is 15.8. The third kappa shape index (κ3) is 8.79. The molecule has 284 valence electrons. The van der Waals surface area contributed by atoms with Gasteiger partial charge in [0.25, 0.3) is 0 Å². The molecule has 3 aliphatic heterocycles. The van der Waals surface area contributed by atoms with Crippen molar-refractivity contribution in [2.45, 2.75) is 119 Å². The molecular weight excluding hydrogens is 686 g/mol. The van der Waals surface area contributed by atoms with Crippen LogP contribution in [0.3, 0.4) is 0 Å². The molecule has 12 bridgehead atoms. The average Bonchev–Trinajstić information content (AvgIpc) is 3.70. The number of allylic oxidation sites excluding steroid dienone is 4. The SMILES string of the molecule is CC1=C(C)/C2=C/c3[nH]c(c(C)c3C)C3CCCC(C3)c3[nH]c(c(C)c3C)/C=C3\[NH+]=C(C(C)=C3C)C3CCCC(C3)C1=[NH+]2.F[B-](F)(F)F.F[B-](F)(F)F. The fourth-order valence-electron chi connectivity index (χ4n) is 8.87. The van der Waals surface area contributed by atoms with Gasteiger partial charge in [-0.15, -0.1) is 0 Å². The lowest BCUT2D eigenvalue weighted by atomic mass is 9.74. The molecule has 5 aliphatic rings. The fraction of sp³-hybridized carbons (Fsp3) is 0.526. The largest absolute Gasteiger partial charge is 0.673 e. The molecule has 4 atom stereocenters. The molecule has 0 amide bonds. The van der Waals surface area contributed by atoms with Gasteiger partial charge in [-0.25, -0.2) is 9.98 Å². The quantitative estimate of drug-likeness (QED) is 0.154. The lowest BCUT2D eigenvalue weighted by Crippen LogP contribution is -2.71. The minimum atomic E-state index is -6.00. The maximum atomic E-state index is 9.75. The first-order valence-electron chi connectivity index (χ1n) is 18.3. The van der Waals surface area contributed by atoms with Crippen molar-refractivity contribution in [1.29, 1.82) is 0 Å². The summed E-state index contributed by atoms with van der Waals surface area (Å²) in [6.07, 6.45) is 14.9. The highest BCUT2D eigenvalue weighted by molar-refractivity contribution is 6.50. The van der Waals surface area contributed by atoms with Gasteiger partial charge in [-0.2, -0.15) is 0 Å². The molecule has 14 heteroatoms. The van der Waals surface area contributed by atoms with E-state index in [-0.39, 0.29) is 0 Å². The van der Waals surface area contributed by atoms with E-state index in [0.29, 0.717) is 23.7 Å². The van der Waals surface area contributed by atoms with Gasteiger partial charge in [0.2, 0.25) is 11.4 Å². The Morgan fingerprint density at radius 2 is 0.788 bits per heavy atom. The number of hydrogen-bond donors (Lipinski definition) is 4. The minimum Gasteiger partial charge on any atom is -0.418 e. The molecule has 2 aromatic heterocycles. The number of halogens is 8. The molecular formula is C38H50B2F8N4. The summed E-state index contributed by atoms with van der Waals surface area (Å²) in [6, 6.07) is 0. The van der Waals surface area contributed by atoms with E-state index in [9.17, 15) is 34.5 Å². The minimum absolute atomic E-state index is 0.572. The van der Waals surface area contributed by atoms with Crippen LogP contribution in [0.5, 0.6) is 0 Å². The Balaban J connectivity index is 0.000000464. The summed E-state index contributed by atoms with van der Waals surface area (Å²) >= 11 is 0. The van der Waals surface area contributed by atoms with E-state index < -0.39 is 14.5 Å². The van der Waals surface area contributed by atoms with Gasteiger partial charge in [0, 0.05) is 69.1 Å². The number of hydrogen-bond acceptors (Lipinski definition) is 0. The predicted molar refractivity (Wildman–Crippen MR) is 195 cm³/mol. The van der Waals surface area contributed by atoms with Crippen molar-refractivity contribution < 1.29 is 44.5 Å². The van der Waals surface area contributed by atoms with Crippen molar-refractivity contribution in [2.75, 3.05) is 0 Å². The maximum Gasteiger partial charge on any atom is 0.673 e. The number of nitrogens with one attached hydrogen (secondary N) is 4. The zero-order valence-corrected chi connectivity index (χ0v) is 31.3. The van der Waals surface area contributed by atoms with E-state index in [1.807, 2.05) is 0 Å². The van der Waals surface area contributed by atoms with Crippen molar-refractivity contribution in [3.63, 3.8) is 0 Å². The molecule has 7 rings (SSSR count). The first-order chi connectivity index (χ1) is 24.1. The highest BCUT2D eigenvalue weighted by Gasteiger charge is 2.40. The molecule has 52 heavy (non-hydrogen) atoms. The van der Waals surface area contributed by atoms with Crippen molar-refractivity contribution in [2.24, 2.45) is 11.8 Å². The number of aromatic amines is 2. The topological polar surface area (TPSA) is 59.5 Å². The summed E-state index contributed by atoms with van der Waals surface area (Å²) in [5, 5.41) is 0. The standard InChI is InChI=1S/C38H48N4.2BF4/c1-19-23(5)35-27-11-9-12-28(15-27)37-25(7)21(3)33(41-37)18-34-22(4)26(8)38(42-34)30-14-10-13-29(16-30)36-24(6)20(2)32(40-36)17-31(19)39-35;2*2-1(3,4)5/h17-18,27-30,39,41H,9-16H2,1-8H3;;/q;2*-1/p+2/b32-17-,34-18-;;. The Hall–Kier alpha value is -3.57. The summed E-state index contributed by atoms with van der Waals surface area (Å²) < 4.78 is 78.0. The van der Waals surface area contributed by atoms with Crippen LogP contribution >= 0.6 is 0 Å². The van der Waals surface area contributed by atoms with Crippen LogP contribution in [0.25, 0.3) is 12.2 Å². The number of H-pyrrole nitrogens is 2. The zero-order chi connectivity index (χ0) is 38.4. The fourth-order valence-corrected chi connectivity index (χ4v) is 8.87. The Morgan fingerprint density at radius 1 is 0.481 bits per heavy atom. The van der Waals surface area contributed by atoms with Gasteiger partial charge < -0.3 is 44.5 Å². The molecule has 4 nitrogen and oxygen atoms in total. The van der Waals surface area contributed by atoms with Crippen LogP contribution in [0, 0.1) is 39.5 Å². The van der Waals surface area contributed by atoms with Gasteiger partial charge in [-0.1, -0.05) is 12.8 Å². The molecule has 4 N–H and O–H groups in total. The molecule has 2 aromatic rings. The monoisotopic (exact) mass is 736 g/mol. The average molecular weight is 736 g/mol. The molecule has 4 unspecified atom stereocenters. The first kappa shape index (κ1) is 39.6. The highest BCUT2D eigenvalue weighted by atomic mass is 19.5. The third-order valence-corrected chi connectivity index (χ3v) is 12.1. The smallest absolute Gasteiger partial charge is 0.418 e. The molecule has 2 aliphatic carbocycles. The zero-order valence-electron chi connectivity index (χ0n) is 31.3. The van der Waals surface area contributed by atoms with Gasteiger partial charge in [0.05, 0.1) is 0 Å². The number of aromatic nitrogens is 2. The van der Waals surface area contributed by atoms with E-state index in [2.05, 4.69) is 87.5 Å². The van der Waals surface area contributed by atoms with E-state index in [0.717, 1.165) is 0 Å². The van der Waals surface area contributed by atoms with E-state index in [1.165, 1.54) is 142 Å². The summed E-state index contributed by atoms with van der Waals surface area (Å²) in [6.45, 7) is 18.6. The number of fused-ring (bicyclic) bond motifs is 14. The number of rotatable bonds is 0. The van der Waals surface area contributed by atoms with Crippen LogP contribution in [0.15, 0.2) is 33.7 Å². The highest BCUT2D eigenvalue weighted by Crippen LogP contribution is 2.44. The molecule has 0 saturated heterocycles. The van der Waals surface area contributed by atoms with Gasteiger partial charge in [-0.05, 0) is 128 Å². The van der Waals surface area contributed by atoms with Gasteiger partial charge >= 0.3 is 14.5 Å². The summed E-state index contributed by atoms with van der Waals surface area (Å²) in [7, 11) is -12.0. The second kappa shape index (κ2) is 15.0. The van der Waals surface area contributed by atoms with Gasteiger partial charge in [-0.3, -0.25) is 0 Å². The Labute approximate surface area is 301 Å². The van der Waals surface area contributed by atoms with Crippen LogP contribution in [-0.2, 0) is 0 Å². The van der Waals surface area contributed by atoms with Crippen molar-refractivity contribution in [3.05, 3.63) is 78.7 Å². The molecule has 2 saturated carbocycles. The van der Waals surface area contributed by atoms with Crippen molar-refractivity contribution in [3.8, 4) is 0 Å². The second-order valence-corrected chi connectivity index (χ2v) is 15.2. The molecule has 0 spiro atoms. The summed E-state index contributed by atoms with van der Waals surface area (Å²) in [5.41, 5.74) is 22.4. The van der Waals surface area contributed by atoms with Crippen LogP contribution in [-0.4, -0.2) is 35.9 Å². The lowest BCUT2D eigenvalue weighted by molar-refractivity contribution is -0.391. The Bertz CT molecular complexity index is 1760. The van der Waals surface area contributed by atoms with Crippen LogP contribution < -0.4 is 9.98 Å². The van der Waals surface area contributed by atoms with E-state index in [4.69, 9.17) is 0 Å². The second-order valence-electron chi connectivity index (χ2n) is 15.2. The molecule has 2 fully saturated rings. The molecule has 5 heterocycles. The van der Waals surface area contributed by atoms with Crippen LogP contribution in [0.2, 0.25) is 0 Å². The Morgan fingerprint density at radius 3 is 1.13 bits per heavy atom. The van der Waals surface area contributed by atoms with E-state index >= 15 is 0 Å². The van der Waals surface area contributed by atoms with Crippen LogP contribution in [0.4, 0.5) is 34.5 Å². The van der Waals surface area contributed by atoms with Crippen molar-refractivity contribution >= 4 is 38.1 Å². The summed E-state index contributed by atoms with van der Waals surface area (Å²) in [5.74, 6) is 2.29. The van der Waals surface area contributed by atoms with Gasteiger partial charge in [0.15, 0.2) is 11.4 Å². The third-order valence-electron chi connectivity index (χ3n) is 12.1. The van der Waals surface area contributed by atoms with Crippen molar-refractivity contribution in [1.82, 2.24) is 9.97 Å². The van der Waals surface area contributed by atoms with Crippen LogP contribution in [0.1, 0.15) is 136 Å². The normalized spacial score (nSPS) is 26.6. The van der Waals surface area contributed by atoms with Gasteiger partial charge in [0.1, 0.15) is 0 Å². The predicted octanol–water partition coefficient (Wildman–Crippen LogP) is 8.86.